The lowest BCUT2D eigenvalue weighted by Crippen LogP contribution is -2.16. The van der Waals surface area contributed by atoms with Gasteiger partial charge in [-0.2, -0.15) is 15.0 Å². The van der Waals surface area contributed by atoms with Crippen LogP contribution in [0.2, 0.25) is 0 Å². The minimum atomic E-state index is -0.181. The second-order valence-electron chi connectivity index (χ2n) is 5.51. The van der Waals surface area contributed by atoms with Gasteiger partial charge < -0.3 is 15.8 Å². The number of hydrogen-bond donors (Lipinski definition) is 2. The largest absolute Gasteiger partial charge is 0.457 e. The SMILES string of the molecule is Nc1nc(COC(=O)C2CCCC2)nc(Nc2ccccc2)n1. The van der Waals surface area contributed by atoms with E-state index in [0.717, 1.165) is 31.4 Å². The molecule has 0 saturated heterocycles. The molecule has 7 heteroatoms. The summed E-state index contributed by atoms with van der Waals surface area (Å²) in [6.07, 6.45) is 3.98. The van der Waals surface area contributed by atoms with Crippen LogP contribution in [0.15, 0.2) is 30.3 Å². The van der Waals surface area contributed by atoms with Crippen molar-refractivity contribution in [1.29, 1.82) is 0 Å². The number of ether oxygens (including phenoxy) is 1. The van der Waals surface area contributed by atoms with Gasteiger partial charge in [0.1, 0.15) is 0 Å². The van der Waals surface area contributed by atoms with Crippen molar-refractivity contribution in [2.24, 2.45) is 5.92 Å². The Morgan fingerprint density at radius 1 is 1.17 bits per heavy atom. The number of nitrogens with one attached hydrogen (secondary N) is 1. The summed E-state index contributed by atoms with van der Waals surface area (Å²) in [6, 6.07) is 9.49. The van der Waals surface area contributed by atoms with Crippen LogP contribution in [0.3, 0.4) is 0 Å². The number of nitrogen functional groups attached to an aromatic ring is 1. The molecule has 23 heavy (non-hydrogen) atoms. The predicted molar refractivity (Wildman–Crippen MR) is 85.7 cm³/mol. The van der Waals surface area contributed by atoms with Crippen LogP contribution in [0.1, 0.15) is 31.5 Å². The number of aromatic nitrogens is 3. The summed E-state index contributed by atoms with van der Waals surface area (Å²) in [4.78, 5) is 24.2. The highest BCUT2D eigenvalue weighted by atomic mass is 16.5. The number of hydrogen-bond acceptors (Lipinski definition) is 7. The molecule has 2 aromatic rings. The standard InChI is InChI=1S/C16H19N5O2/c17-15-19-13(10-23-14(22)11-6-4-5-7-11)20-16(21-15)18-12-8-2-1-3-9-12/h1-3,8-9,11H,4-7,10H2,(H3,17,18,19,20,21). The minimum absolute atomic E-state index is 0.00548. The molecule has 0 aliphatic heterocycles. The molecule has 1 heterocycles. The normalized spacial score (nSPS) is 14.6. The van der Waals surface area contributed by atoms with Gasteiger partial charge in [-0.1, -0.05) is 31.0 Å². The molecule has 0 atom stereocenters. The maximum absolute atomic E-state index is 11.9. The third kappa shape index (κ3) is 4.15. The second kappa shape index (κ2) is 7.04. The van der Waals surface area contributed by atoms with E-state index in [9.17, 15) is 4.79 Å². The van der Waals surface area contributed by atoms with Crippen molar-refractivity contribution in [3.8, 4) is 0 Å². The average Bonchev–Trinajstić information content (AvgIpc) is 3.07. The zero-order chi connectivity index (χ0) is 16.1. The first kappa shape index (κ1) is 15.2. The molecule has 0 radical (unpaired) electrons. The fourth-order valence-corrected chi connectivity index (χ4v) is 2.62. The summed E-state index contributed by atoms with van der Waals surface area (Å²) in [7, 11) is 0. The van der Waals surface area contributed by atoms with Crippen LogP contribution in [0.25, 0.3) is 0 Å². The maximum atomic E-state index is 11.9. The Morgan fingerprint density at radius 2 is 1.91 bits per heavy atom. The number of nitrogens with zero attached hydrogens (tertiary/aromatic N) is 3. The smallest absolute Gasteiger partial charge is 0.309 e. The summed E-state index contributed by atoms with van der Waals surface area (Å²) in [5.41, 5.74) is 6.54. The Balaban J connectivity index is 1.64. The van der Waals surface area contributed by atoms with E-state index in [1.165, 1.54) is 0 Å². The van der Waals surface area contributed by atoms with E-state index in [2.05, 4.69) is 20.3 Å². The number of carbonyl (C=O) groups excluding carboxylic acids is 1. The molecular formula is C16H19N5O2. The minimum Gasteiger partial charge on any atom is -0.457 e. The first-order valence-corrected chi connectivity index (χ1v) is 7.70. The molecule has 3 rings (SSSR count). The Kier molecular flexibility index (Phi) is 4.65. The monoisotopic (exact) mass is 313 g/mol. The first-order valence-electron chi connectivity index (χ1n) is 7.70. The topological polar surface area (TPSA) is 103 Å². The van der Waals surface area contributed by atoms with Gasteiger partial charge in [0.25, 0.3) is 0 Å². The Labute approximate surface area is 134 Å². The molecule has 1 aromatic carbocycles. The molecule has 0 unspecified atom stereocenters. The van der Waals surface area contributed by atoms with Crippen LogP contribution in [0.5, 0.6) is 0 Å². The summed E-state index contributed by atoms with van der Waals surface area (Å²) in [5, 5.41) is 3.05. The van der Waals surface area contributed by atoms with Crippen molar-refractivity contribution in [2.45, 2.75) is 32.3 Å². The lowest BCUT2D eigenvalue weighted by Gasteiger charge is -2.10. The Hall–Kier alpha value is -2.70. The number of esters is 1. The van der Waals surface area contributed by atoms with Crippen LogP contribution in [0, 0.1) is 5.92 Å². The summed E-state index contributed by atoms with van der Waals surface area (Å²) in [5.74, 6) is 0.582. The lowest BCUT2D eigenvalue weighted by atomic mass is 10.1. The molecule has 0 bridgehead atoms. The average molecular weight is 313 g/mol. The first-order chi connectivity index (χ1) is 11.2. The van der Waals surface area contributed by atoms with Gasteiger partial charge in [0.2, 0.25) is 11.9 Å². The number of benzene rings is 1. The van der Waals surface area contributed by atoms with Crippen LogP contribution in [-0.4, -0.2) is 20.9 Å². The molecule has 7 nitrogen and oxygen atoms in total. The lowest BCUT2D eigenvalue weighted by molar-refractivity contribution is -0.149. The second-order valence-corrected chi connectivity index (χ2v) is 5.51. The zero-order valence-corrected chi connectivity index (χ0v) is 12.7. The van der Waals surface area contributed by atoms with Crippen molar-refractivity contribution >= 4 is 23.6 Å². The highest BCUT2D eigenvalue weighted by molar-refractivity contribution is 5.72. The van der Waals surface area contributed by atoms with E-state index in [1.54, 1.807) is 0 Å². The van der Waals surface area contributed by atoms with Crippen LogP contribution in [0.4, 0.5) is 17.6 Å². The molecule has 1 aliphatic rings. The molecule has 0 spiro atoms. The molecule has 0 amide bonds. The highest BCUT2D eigenvalue weighted by Gasteiger charge is 2.24. The quantitative estimate of drug-likeness (QED) is 0.817. The molecule has 3 N–H and O–H groups in total. The molecular weight excluding hydrogens is 294 g/mol. The fourth-order valence-electron chi connectivity index (χ4n) is 2.62. The zero-order valence-electron chi connectivity index (χ0n) is 12.7. The highest BCUT2D eigenvalue weighted by Crippen LogP contribution is 2.26. The van der Waals surface area contributed by atoms with Crippen LogP contribution in [-0.2, 0) is 16.1 Å². The van der Waals surface area contributed by atoms with Gasteiger partial charge in [-0.3, -0.25) is 4.79 Å². The number of rotatable bonds is 5. The number of carbonyl (C=O) groups is 1. The third-order valence-corrected chi connectivity index (χ3v) is 3.76. The van der Waals surface area contributed by atoms with Crippen molar-refractivity contribution in [3.05, 3.63) is 36.2 Å². The fraction of sp³-hybridized carbons (Fsp3) is 0.375. The van der Waals surface area contributed by atoms with Crippen molar-refractivity contribution in [3.63, 3.8) is 0 Å². The van der Waals surface area contributed by atoms with Gasteiger partial charge in [0.05, 0.1) is 5.92 Å². The summed E-state index contributed by atoms with van der Waals surface area (Å²) in [6.45, 7) is 0.00548. The van der Waals surface area contributed by atoms with E-state index in [1.807, 2.05) is 30.3 Å². The number of para-hydroxylation sites is 1. The summed E-state index contributed by atoms with van der Waals surface area (Å²) >= 11 is 0. The molecule has 1 aromatic heterocycles. The molecule has 1 aliphatic carbocycles. The van der Waals surface area contributed by atoms with Gasteiger partial charge in [0.15, 0.2) is 12.4 Å². The van der Waals surface area contributed by atoms with E-state index >= 15 is 0 Å². The molecule has 1 saturated carbocycles. The number of anilines is 3. The van der Waals surface area contributed by atoms with Crippen molar-refractivity contribution < 1.29 is 9.53 Å². The van der Waals surface area contributed by atoms with Crippen molar-refractivity contribution in [1.82, 2.24) is 15.0 Å². The van der Waals surface area contributed by atoms with Gasteiger partial charge in [0, 0.05) is 5.69 Å². The van der Waals surface area contributed by atoms with E-state index in [-0.39, 0.29) is 24.4 Å². The predicted octanol–water partition coefficient (Wildman–Crippen LogP) is 2.43. The molecule has 1 fully saturated rings. The van der Waals surface area contributed by atoms with Gasteiger partial charge in [-0.25, -0.2) is 0 Å². The van der Waals surface area contributed by atoms with E-state index in [4.69, 9.17) is 10.5 Å². The van der Waals surface area contributed by atoms with Gasteiger partial charge in [-0.05, 0) is 25.0 Å². The van der Waals surface area contributed by atoms with Gasteiger partial charge in [-0.15, -0.1) is 0 Å². The molecule has 120 valence electrons. The Morgan fingerprint density at radius 3 is 2.65 bits per heavy atom. The van der Waals surface area contributed by atoms with Gasteiger partial charge >= 0.3 is 5.97 Å². The van der Waals surface area contributed by atoms with E-state index in [0.29, 0.717) is 11.8 Å². The third-order valence-electron chi connectivity index (χ3n) is 3.76. The van der Waals surface area contributed by atoms with E-state index < -0.39 is 0 Å². The summed E-state index contributed by atoms with van der Waals surface area (Å²) < 4.78 is 5.30. The Bertz CT molecular complexity index is 671. The van der Waals surface area contributed by atoms with Crippen LogP contribution >= 0.6 is 0 Å². The number of nitrogens with two attached hydrogens (primary N) is 1. The van der Waals surface area contributed by atoms with Crippen molar-refractivity contribution in [2.75, 3.05) is 11.1 Å². The maximum Gasteiger partial charge on any atom is 0.309 e. The van der Waals surface area contributed by atoms with Crippen LogP contribution < -0.4 is 11.1 Å².